The summed E-state index contributed by atoms with van der Waals surface area (Å²) in [4.78, 5) is 13.3. The molecule has 0 saturated carbocycles. The van der Waals surface area contributed by atoms with E-state index >= 15 is 0 Å². The number of primary sulfonamides is 1. The average molecular weight is 401 g/mol. The molecule has 3 aromatic rings. The Morgan fingerprint density at radius 1 is 0.926 bits per heavy atom. The number of hydrogen-bond donors (Lipinski definition) is 2. The molecule has 0 radical (unpaired) electrons. The van der Waals surface area contributed by atoms with Crippen LogP contribution >= 0.6 is 11.3 Å². The van der Waals surface area contributed by atoms with Gasteiger partial charge in [-0.15, -0.1) is 11.3 Å². The Kier molecular flexibility index (Phi) is 6.05. The Hall–Kier alpha value is -2.48. The van der Waals surface area contributed by atoms with E-state index in [1.807, 2.05) is 60.7 Å². The minimum absolute atomic E-state index is 0.0456. The number of nitrogens with one attached hydrogen (secondary N) is 1. The smallest absolute Gasteiger partial charge is 0.247 e. The van der Waals surface area contributed by atoms with E-state index in [4.69, 9.17) is 5.14 Å². The van der Waals surface area contributed by atoms with Crippen molar-refractivity contribution in [2.75, 3.05) is 0 Å². The molecule has 3 rings (SSSR count). The van der Waals surface area contributed by atoms with Gasteiger partial charge in [0.2, 0.25) is 15.9 Å². The molecular formula is C20H20N2O3S2. The normalized spacial score (nSPS) is 11.5. The molecule has 0 saturated heterocycles. The summed E-state index contributed by atoms with van der Waals surface area (Å²) in [6.45, 7) is 0.273. The van der Waals surface area contributed by atoms with Crippen molar-refractivity contribution in [3.05, 3.63) is 88.8 Å². The van der Waals surface area contributed by atoms with Crippen molar-refractivity contribution < 1.29 is 13.2 Å². The van der Waals surface area contributed by atoms with Crippen LogP contribution in [0, 0.1) is 0 Å². The molecular weight excluding hydrogens is 380 g/mol. The van der Waals surface area contributed by atoms with Gasteiger partial charge >= 0.3 is 0 Å². The molecule has 2 aromatic carbocycles. The minimum Gasteiger partial charge on any atom is -0.351 e. The number of carbonyl (C=O) groups excluding carboxylic acids is 1. The molecule has 1 amide bonds. The van der Waals surface area contributed by atoms with Crippen molar-refractivity contribution in [1.29, 1.82) is 0 Å². The first kappa shape index (κ1) is 19.3. The lowest BCUT2D eigenvalue weighted by Crippen LogP contribution is -2.24. The van der Waals surface area contributed by atoms with Gasteiger partial charge in [0.1, 0.15) is 4.21 Å². The van der Waals surface area contributed by atoms with Gasteiger partial charge in [-0.25, -0.2) is 13.6 Å². The van der Waals surface area contributed by atoms with Gasteiger partial charge in [0, 0.05) is 17.2 Å². The van der Waals surface area contributed by atoms with Gasteiger partial charge in [-0.2, -0.15) is 0 Å². The van der Waals surface area contributed by atoms with E-state index in [0.717, 1.165) is 27.3 Å². The lowest BCUT2D eigenvalue weighted by atomic mass is 9.88. The lowest BCUT2D eigenvalue weighted by Gasteiger charge is -2.17. The van der Waals surface area contributed by atoms with E-state index in [2.05, 4.69) is 5.32 Å². The zero-order valence-electron chi connectivity index (χ0n) is 14.5. The highest BCUT2D eigenvalue weighted by Crippen LogP contribution is 2.28. The largest absolute Gasteiger partial charge is 0.351 e. The van der Waals surface area contributed by atoms with Crippen molar-refractivity contribution in [3.63, 3.8) is 0 Å². The number of sulfonamides is 1. The fourth-order valence-corrected chi connectivity index (χ4v) is 4.57. The maximum absolute atomic E-state index is 12.5. The van der Waals surface area contributed by atoms with E-state index in [1.165, 1.54) is 6.07 Å². The van der Waals surface area contributed by atoms with Gasteiger partial charge in [-0.3, -0.25) is 4.79 Å². The molecule has 140 valence electrons. The quantitative estimate of drug-likeness (QED) is 0.638. The average Bonchev–Trinajstić information content (AvgIpc) is 3.15. The Balaban J connectivity index is 1.69. The van der Waals surface area contributed by atoms with Crippen LogP contribution in [-0.2, 0) is 21.4 Å². The molecule has 0 spiro atoms. The zero-order valence-corrected chi connectivity index (χ0v) is 16.2. The number of benzene rings is 2. The fourth-order valence-electron chi connectivity index (χ4n) is 2.85. The van der Waals surface area contributed by atoms with Crippen LogP contribution in [0.3, 0.4) is 0 Å². The van der Waals surface area contributed by atoms with E-state index in [-0.39, 0.29) is 22.6 Å². The van der Waals surface area contributed by atoms with Crippen LogP contribution < -0.4 is 10.5 Å². The van der Waals surface area contributed by atoms with Gasteiger partial charge in [0.05, 0.1) is 6.54 Å². The summed E-state index contributed by atoms with van der Waals surface area (Å²) >= 11 is 1.07. The standard InChI is InChI=1S/C20H20N2O3S2/c21-27(24,25)20-12-11-17(26-20)14-22-19(23)13-18(15-7-3-1-4-8-15)16-9-5-2-6-10-16/h1-12,18H,13-14H2,(H,22,23)(H2,21,24,25). The molecule has 0 unspecified atom stereocenters. The first-order chi connectivity index (χ1) is 12.9. The molecule has 5 nitrogen and oxygen atoms in total. The van der Waals surface area contributed by atoms with E-state index < -0.39 is 10.0 Å². The van der Waals surface area contributed by atoms with Gasteiger partial charge in [-0.1, -0.05) is 60.7 Å². The summed E-state index contributed by atoms with van der Waals surface area (Å²) in [6, 6.07) is 22.9. The number of carbonyl (C=O) groups is 1. The Bertz CT molecular complexity index is 960. The van der Waals surface area contributed by atoms with Crippen molar-refractivity contribution in [2.45, 2.75) is 23.1 Å². The summed E-state index contributed by atoms with van der Waals surface area (Å²) in [5.41, 5.74) is 2.15. The fraction of sp³-hybridized carbons (Fsp3) is 0.150. The van der Waals surface area contributed by atoms with E-state index in [9.17, 15) is 13.2 Å². The summed E-state index contributed by atoms with van der Waals surface area (Å²) in [5.74, 6) is -0.144. The second kappa shape index (κ2) is 8.47. The summed E-state index contributed by atoms with van der Waals surface area (Å²) in [5, 5.41) is 7.99. The lowest BCUT2D eigenvalue weighted by molar-refractivity contribution is -0.121. The van der Waals surface area contributed by atoms with Crippen LogP contribution in [0.2, 0.25) is 0 Å². The molecule has 7 heteroatoms. The van der Waals surface area contributed by atoms with Crippen LogP contribution in [0.25, 0.3) is 0 Å². The van der Waals surface area contributed by atoms with E-state index in [1.54, 1.807) is 6.07 Å². The first-order valence-corrected chi connectivity index (χ1v) is 10.8. The van der Waals surface area contributed by atoms with Gasteiger partial charge < -0.3 is 5.32 Å². The molecule has 0 bridgehead atoms. The van der Waals surface area contributed by atoms with Crippen LogP contribution in [0.5, 0.6) is 0 Å². The highest BCUT2D eigenvalue weighted by molar-refractivity contribution is 7.91. The minimum atomic E-state index is -3.71. The highest BCUT2D eigenvalue weighted by atomic mass is 32.2. The predicted octanol–water partition coefficient (Wildman–Crippen LogP) is 3.23. The van der Waals surface area contributed by atoms with Crippen molar-refractivity contribution >= 4 is 27.3 Å². The van der Waals surface area contributed by atoms with E-state index in [0.29, 0.717) is 6.42 Å². The number of amides is 1. The second-order valence-electron chi connectivity index (χ2n) is 6.12. The maximum atomic E-state index is 12.5. The first-order valence-electron chi connectivity index (χ1n) is 8.41. The third-order valence-electron chi connectivity index (χ3n) is 4.17. The summed E-state index contributed by atoms with van der Waals surface area (Å²) < 4.78 is 22.8. The molecule has 27 heavy (non-hydrogen) atoms. The Labute approximate surface area is 162 Å². The van der Waals surface area contributed by atoms with Crippen molar-refractivity contribution in [3.8, 4) is 0 Å². The van der Waals surface area contributed by atoms with Crippen LogP contribution in [-0.4, -0.2) is 14.3 Å². The summed E-state index contributed by atoms with van der Waals surface area (Å²) in [6.07, 6.45) is 0.307. The predicted molar refractivity (Wildman–Crippen MR) is 107 cm³/mol. The van der Waals surface area contributed by atoms with Crippen LogP contribution in [0.4, 0.5) is 0 Å². The molecule has 0 aliphatic heterocycles. The van der Waals surface area contributed by atoms with Gasteiger partial charge in [-0.05, 0) is 23.3 Å². The third-order valence-corrected chi connectivity index (χ3v) is 6.69. The number of hydrogen-bond acceptors (Lipinski definition) is 4. The highest BCUT2D eigenvalue weighted by Gasteiger charge is 2.18. The molecule has 0 atom stereocenters. The number of nitrogens with two attached hydrogens (primary N) is 1. The van der Waals surface area contributed by atoms with Crippen molar-refractivity contribution in [2.24, 2.45) is 5.14 Å². The Morgan fingerprint density at radius 3 is 1.96 bits per heavy atom. The van der Waals surface area contributed by atoms with Gasteiger partial charge in [0.25, 0.3) is 0 Å². The third kappa shape index (κ3) is 5.26. The monoisotopic (exact) mass is 400 g/mol. The molecule has 1 aromatic heterocycles. The summed E-state index contributed by atoms with van der Waals surface area (Å²) in [7, 11) is -3.71. The zero-order chi connectivity index (χ0) is 19.3. The van der Waals surface area contributed by atoms with Crippen LogP contribution in [0.15, 0.2) is 77.0 Å². The molecule has 0 fully saturated rings. The Morgan fingerprint density at radius 2 is 1.48 bits per heavy atom. The molecule has 0 aliphatic carbocycles. The maximum Gasteiger partial charge on any atom is 0.247 e. The SMILES string of the molecule is NS(=O)(=O)c1ccc(CNC(=O)CC(c2ccccc2)c2ccccc2)s1. The molecule has 0 aliphatic rings. The molecule has 1 heterocycles. The second-order valence-corrected chi connectivity index (χ2v) is 9.08. The number of thiophene rings is 1. The van der Waals surface area contributed by atoms with Crippen LogP contribution in [0.1, 0.15) is 28.3 Å². The van der Waals surface area contributed by atoms with Gasteiger partial charge in [0.15, 0.2) is 0 Å². The topological polar surface area (TPSA) is 89.3 Å². The number of rotatable bonds is 7. The molecule has 3 N–H and O–H groups in total. The van der Waals surface area contributed by atoms with Crippen molar-refractivity contribution in [1.82, 2.24) is 5.32 Å².